The van der Waals surface area contributed by atoms with Gasteiger partial charge < -0.3 is 9.84 Å². The molecule has 0 fully saturated rings. The summed E-state index contributed by atoms with van der Waals surface area (Å²) >= 11 is 0. The Morgan fingerprint density at radius 1 is 1.07 bits per heavy atom. The minimum atomic E-state index is -0.647. The van der Waals surface area contributed by atoms with Gasteiger partial charge in [-0.05, 0) is 60.4 Å². The Labute approximate surface area is 252 Å². The van der Waals surface area contributed by atoms with Gasteiger partial charge in [0.2, 0.25) is 5.88 Å². The molecule has 0 spiro atoms. The molecule has 220 valence electrons. The first kappa shape index (κ1) is 28.7. The molecule has 0 radical (unpaired) electrons. The van der Waals surface area contributed by atoms with E-state index >= 15 is 4.39 Å². The summed E-state index contributed by atoms with van der Waals surface area (Å²) in [6.07, 6.45) is 4.76. The van der Waals surface area contributed by atoms with E-state index in [1.807, 2.05) is 45.9 Å². The lowest BCUT2D eigenvalue weighted by atomic mass is 9.86. The van der Waals surface area contributed by atoms with Crippen LogP contribution in [0.1, 0.15) is 44.4 Å². The van der Waals surface area contributed by atoms with Crippen LogP contribution in [0, 0.1) is 17.1 Å². The average Bonchev–Trinajstić information content (AvgIpc) is 3.38. The number of halogens is 1. The van der Waals surface area contributed by atoms with E-state index in [0.717, 1.165) is 15.8 Å². The number of benzene rings is 2. The fraction of sp³-hybridized carbons (Fsp3) is 0.206. The Morgan fingerprint density at radius 3 is 2.55 bits per heavy atom. The highest BCUT2D eigenvalue weighted by Gasteiger charge is 2.21. The quantitative estimate of drug-likeness (QED) is 0.254. The number of aliphatic hydroxyl groups is 1. The van der Waals surface area contributed by atoms with Crippen molar-refractivity contribution >= 4 is 21.8 Å². The number of nitriles is 1. The van der Waals surface area contributed by atoms with Crippen LogP contribution < -0.4 is 10.3 Å². The monoisotopic (exact) mass is 588 g/mol. The van der Waals surface area contributed by atoms with Crippen LogP contribution in [-0.2, 0) is 12.0 Å². The molecule has 0 aliphatic rings. The Morgan fingerprint density at radius 2 is 1.86 bits per heavy atom. The van der Waals surface area contributed by atoms with Crippen LogP contribution in [0.4, 0.5) is 4.39 Å². The van der Waals surface area contributed by atoms with Gasteiger partial charge in [-0.2, -0.15) is 15.0 Å². The van der Waals surface area contributed by atoms with Crippen LogP contribution in [0.25, 0.3) is 44.4 Å². The molecular weight excluding hydrogens is 559 g/mol. The predicted molar refractivity (Wildman–Crippen MR) is 166 cm³/mol. The predicted octanol–water partition coefficient (Wildman–Crippen LogP) is 5.99. The third kappa shape index (κ3) is 4.87. The van der Waals surface area contributed by atoms with Gasteiger partial charge in [-0.3, -0.25) is 9.36 Å². The summed E-state index contributed by atoms with van der Waals surface area (Å²) in [6.45, 7) is 7.83. The van der Waals surface area contributed by atoms with Crippen LogP contribution in [-0.4, -0.2) is 36.0 Å². The highest BCUT2D eigenvalue weighted by Crippen LogP contribution is 2.31. The summed E-state index contributed by atoms with van der Waals surface area (Å²) < 4.78 is 23.6. The molecule has 2 aromatic carbocycles. The second kappa shape index (κ2) is 11.0. The van der Waals surface area contributed by atoms with Crippen molar-refractivity contribution in [3.8, 4) is 34.6 Å². The van der Waals surface area contributed by atoms with Crippen molar-refractivity contribution in [2.45, 2.75) is 39.7 Å². The van der Waals surface area contributed by atoms with Crippen molar-refractivity contribution in [1.29, 1.82) is 5.26 Å². The van der Waals surface area contributed by atoms with Gasteiger partial charge in [0.25, 0.3) is 5.56 Å². The standard InChI is InChI=1S/C34H29FN6O3/c1-5-44-30-12-9-20(16-37-30)27-11-10-24-22(15-36)18-40(32(24)39-27)28-7-6-8-29(25(28)19-42)41-33(43)31-21(17-38-41)13-23(14-26(31)35)34(2,3)4/h6-14,16-18,42H,5,19H2,1-4H3. The van der Waals surface area contributed by atoms with Gasteiger partial charge in [0.1, 0.15) is 17.5 Å². The number of hydrogen-bond donors (Lipinski definition) is 1. The van der Waals surface area contributed by atoms with Gasteiger partial charge in [-0.25, -0.2) is 14.4 Å². The fourth-order valence-corrected chi connectivity index (χ4v) is 5.29. The third-order valence-electron chi connectivity index (χ3n) is 7.57. The normalized spacial score (nSPS) is 11.7. The molecule has 0 saturated carbocycles. The summed E-state index contributed by atoms with van der Waals surface area (Å²) in [4.78, 5) is 22.8. The van der Waals surface area contributed by atoms with Gasteiger partial charge in [0.15, 0.2) is 0 Å². The molecule has 44 heavy (non-hydrogen) atoms. The van der Waals surface area contributed by atoms with E-state index in [9.17, 15) is 15.2 Å². The molecule has 0 unspecified atom stereocenters. The van der Waals surface area contributed by atoms with Crippen LogP contribution in [0.3, 0.4) is 0 Å². The van der Waals surface area contributed by atoms with E-state index in [4.69, 9.17) is 9.72 Å². The number of rotatable bonds is 6. The molecule has 4 heterocycles. The maximum Gasteiger partial charge on any atom is 0.282 e. The van der Waals surface area contributed by atoms with Gasteiger partial charge in [0.05, 0.1) is 47.4 Å². The van der Waals surface area contributed by atoms with Gasteiger partial charge in [-0.15, -0.1) is 0 Å². The van der Waals surface area contributed by atoms with E-state index in [1.165, 1.54) is 12.3 Å². The minimum Gasteiger partial charge on any atom is -0.478 e. The van der Waals surface area contributed by atoms with E-state index in [0.29, 0.717) is 51.4 Å². The van der Waals surface area contributed by atoms with Gasteiger partial charge in [-0.1, -0.05) is 26.8 Å². The van der Waals surface area contributed by atoms with E-state index < -0.39 is 18.0 Å². The van der Waals surface area contributed by atoms with Gasteiger partial charge in [0, 0.05) is 40.4 Å². The van der Waals surface area contributed by atoms with Crippen LogP contribution in [0.15, 0.2) is 78.0 Å². The van der Waals surface area contributed by atoms with Gasteiger partial charge >= 0.3 is 0 Å². The lowest BCUT2D eigenvalue weighted by molar-refractivity contribution is 0.281. The summed E-state index contributed by atoms with van der Waals surface area (Å²) in [5.74, 6) is -0.130. The fourth-order valence-electron chi connectivity index (χ4n) is 5.29. The molecule has 6 aromatic rings. The Hall–Kier alpha value is -5.40. The maximum atomic E-state index is 15.4. The van der Waals surface area contributed by atoms with E-state index in [1.54, 1.807) is 47.3 Å². The highest BCUT2D eigenvalue weighted by molar-refractivity contribution is 5.87. The molecule has 0 aliphatic heterocycles. The molecule has 10 heteroatoms. The molecule has 0 amide bonds. The SMILES string of the molecule is CCOc1ccc(-c2ccc3c(C#N)cn(-c4cccc(-n5ncc6cc(C(C)(C)C)cc(F)c6c5=O)c4CO)c3n2)cn1. The molecule has 0 bridgehead atoms. The third-order valence-corrected chi connectivity index (χ3v) is 7.57. The van der Waals surface area contributed by atoms with Crippen molar-refractivity contribution in [2.24, 2.45) is 0 Å². The van der Waals surface area contributed by atoms with Crippen LogP contribution in [0.2, 0.25) is 0 Å². The van der Waals surface area contributed by atoms with E-state index in [-0.39, 0.29) is 16.5 Å². The zero-order valence-electron chi connectivity index (χ0n) is 24.7. The minimum absolute atomic E-state index is 0.0873. The number of fused-ring (bicyclic) bond motifs is 2. The molecule has 0 saturated heterocycles. The highest BCUT2D eigenvalue weighted by atomic mass is 19.1. The smallest absolute Gasteiger partial charge is 0.282 e. The lowest BCUT2D eigenvalue weighted by Gasteiger charge is -2.20. The summed E-state index contributed by atoms with van der Waals surface area (Å²) in [6, 6.07) is 17.7. The van der Waals surface area contributed by atoms with Crippen LogP contribution in [0.5, 0.6) is 5.88 Å². The second-order valence-electron chi connectivity index (χ2n) is 11.4. The number of hydrogen-bond acceptors (Lipinski definition) is 7. The first-order valence-electron chi connectivity index (χ1n) is 14.1. The second-order valence-corrected chi connectivity index (χ2v) is 11.4. The average molecular weight is 589 g/mol. The molecule has 0 atom stereocenters. The number of aliphatic hydroxyl groups excluding tert-OH is 1. The van der Waals surface area contributed by atoms with Crippen molar-refractivity contribution in [3.05, 3.63) is 106 Å². The Bertz CT molecular complexity index is 2150. The zero-order valence-corrected chi connectivity index (χ0v) is 24.7. The molecule has 6 rings (SSSR count). The molecule has 4 aromatic heterocycles. The number of aromatic nitrogens is 5. The summed E-state index contributed by atoms with van der Waals surface area (Å²) in [7, 11) is 0. The van der Waals surface area contributed by atoms with Crippen LogP contribution >= 0.6 is 0 Å². The number of nitrogens with zero attached hydrogens (tertiary/aromatic N) is 6. The van der Waals surface area contributed by atoms with Crippen molar-refractivity contribution in [1.82, 2.24) is 24.3 Å². The zero-order chi connectivity index (χ0) is 31.2. The first-order valence-corrected chi connectivity index (χ1v) is 14.1. The molecule has 0 aliphatic carbocycles. The van der Waals surface area contributed by atoms with Crippen molar-refractivity contribution < 1.29 is 14.2 Å². The largest absolute Gasteiger partial charge is 0.478 e. The molecule has 9 nitrogen and oxygen atoms in total. The summed E-state index contributed by atoms with van der Waals surface area (Å²) in [5.41, 5.74) is 3.14. The molecule has 1 N–H and O–H groups in total. The Kier molecular flexibility index (Phi) is 7.19. The number of pyridine rings is 2. The van der Waals surface area contributed by atoms with E-state index in [2.05, 4.69) is 16.2 Å². The molecular formula is C34H29FN6O3. The maximum absolute atomic E-state index is 15.4. The summed E-state index contributed by atoms with van der Waals surface area (Å²) in [5, 5.41) is 25.8. The van der Waals surface area contributed by atoms with Crippen molar-refractivity contribution in [2.75, 3.05) is 6.61 Å². The number of ether oxygens (including phenoxy) is 1. The lowest BCUT2D eigenvalue weighted by Crippen LogP contribution is -2.24. The Balaban J connectivity index is 1.52. The topological polar surface area (TPSA) is 119 Å². The van der Waals surface area contributed by atoms with Crippen molar-refractivity contribution in [3.63, 3.8) is 0 Å². The first-order chi connectivity index (χ1) is 21.1.